The number of nitrogens with one attached hydrogen (secondary N) is 1. The third-order valence-electron chi connectivity index (χ3n) is 2.98. The molecule has 2 aromatic rings. The van der Waals surface area contributed by atoms with Crippen LogP contribution in [0.5, 0.6) is 0 Å². The number of pyridine rings is 1. The highest BCUT2D eigenvalue weighted by Crippen LogP contribution is 2.22. The first-order valence-electron chi connectivity index (χ1n) is 6.11. The number of hydrogen-bond donors (Lipinski definition) is 2. The summed E-state index contributed by atoms with van der Waals surface area (Å²) in [5.41, 5.74) is 6.20. The van der Waals surface area contributed by atoms with E-state index >= 15 is 0 Å². The Morgan fingerprint density at radius 1 is 1.05 bits per heavy atom. The average Bonchev–Trinajstić information content (AvgIpc) is 2.39. The number of sulfonamides is 1. The molecule has 3 N–H and O–H groups in total. The van der Waals surface area contributed by atoms with Crippen molar-refractivity contribution in [3.63, 3.8) is 0 Å². The molecule has 0 aliphatic rings. The molecule has 0 saturated heterocycles. The van der Waals surface area contributed by atoms with Crippen LogP contribution in [0.3, 0.4) is 0 Å². The molecule has 0 fully saturated rings. The largest absolute Gasteiger partial charge is 0.399 e. The minimum absolute atomic E-state index is 0.189. The number of nitrogen functional groups attached to an aromatic ring is 1. The first-order chi connectivity index (χ1) is 9.31. The smallest absolute Gasteiger partial charge is 0.241 e. The van der Waals surface area contributed by atoms with Crippen molar-refractivity contribution in [2.45, 2.75) is 24.3 Å². The van der Waals surface area contributed by atoms with Crippen LogP contribution in [0.1, 0.15) is 19.4 Å². The second kappa shape index (κ2) is 5.22. The molecule has 106 valence electrons. The molecule has 0 radical (unpaired) electrons. The van der Waals surface area contributed by atoms with Crippen LogP contribution in [0.2, 0.25) is 0 Å². The van der Waals surface area contributed by atoms with E-state index < -0.39 is 15.6 Å². The molecule has 0 bridgehead atoms. The molecule has 2 rings (SSSR count). The van der Waals surface area contributed by atoms with E-state index in [2.05, 4.69) is 9.71 Å². The van der Waals surface area contributed by atoms with Gasteiger partial charge in [-0.2, -0.15) is 0 Å². The van der Waals surface area contributed by atoms with Gasteiger partial charge in [0.1, 0.15) is 0 Å². The van der Waals surface area contributed by atoms with Crippen molar-refractivity contribution in [2.75, 3.05) is 5.73 Å². The van der Waals surface area contributed by atoms with Crippen LogP contribution in [-0.4, -0.2) is 13.4 Å². The lowest BCUT2D eigenvalue weighted by molar-refractivity contribution is 0.471. The molecular weight excluding hydrogens is 274 g/mol. The number of rotatable bonds is 4. The van der Waals surface area contributed by atoms with Gasteiger partial charge in [-0.05, 0) is 55.8 Å². The number of nitrogens with two attached hydrogens (primary N) is 1. The Labute approximate surface area is 118 Å². The van der Waals surface area contributed by atoms with Crippen molar-refractivity contribution in [3.05, 3.63) is 54.4 Å². The third-order valence-corrected chi connectivity index (χ3v) is 4.65. The molecule has 0 atom stereocenters. The summed E-state index contributed by atoms with van der Waals surface area (Å²) in [5, 5.41) is 0. The maximum atomic E-state index is 12.4. The van der Waals surface area contributed by atoms with Crippen LogP contribution >= 0.6 is 0 Å². The fourth-order valence-electron chi connectivity index (χ4n) is 1.87. The van der Waals surface area contributed by atoms with E-state index in [0.717, 1.165) is 5.56 Å². The van der Waals surface area contributed by atoms with Crippen LogP contribution in [0, 0.1) is 0 Å². The zero-order valence-electron chi connectivity index (χ0n) is 11.4. The first-order valence-corrected chi connectivity index (χ1v) is 7.60. The van der Waals surface area contributed by atoms with Crippen molar-refractivity contribution < 1.29 is 8.42 Å². The third kappa shape index (κ3) is 3.15. The number of hydrogen-bond acceptors (Lipinski definition) is 4. The molecule has 1 aromatic carbocycles. The number of benzene rings is 1. The Bertz CT molecular complexity index is 680. The van der Waals surface area contributed by atoms with Gasteiger partial charge in [0, 0.05) is 18.1 Å². The molecule has 0 spiro atoms. The number of aromatic nitrogens is 1. The van der Waals surface area contributed by atoms with E-state index in [0.29, 0.717) is 5.69 Å². The van der Waals surface area contributed by atoms with Crippen molar-refractivity contribution in [1.82, 2.24) is 9.71 Å². The summed E-state index contributed by atoms with van der Waals surface area (Å²) in [6.07, 6.45) is 3.27. The standard InChI is InChI=1S/C14H17N3O2S/c1-14(2,11-7-9-16-10-8-11)17-20(18,19)13-5-3-12(15)4-6-13/h3-10,17H,15H2,1-2H3. The van der Waals surface area contributed by atoms with Crippen molar-refractivity contribution in [2.24, 2.45) is 0 Å². The van der Waals surface area contributed by atoms with Gasteiger partial charge in [0.25, 0.3) is 0 Å². The molecule has 1 heterocycles. The van der Waals surface area contributed by atoms with Crippen molar-refractivity contribution >= 4 is 15.7 Å². The van der Waals surface area contributed by atoms with Gasteiger partial charge in [0.15, 0.2) is 0 Å². The minimum atomic E-state index is -3.61. The first kappa shape index (κ1) is 14.5. The topological polar surface area (TPSA) is 85.1 Å². The Hall–Kier alpha value is -1.92. The minimum Gasteiger partial charge on any atom is -0.399 e. The van der Waals surface area contributed by atoms with Gasteiger partial charge in [-0.1, -0.05) is 0 Å². The zero-order chi connectivity index (χ0) is 14.8. The maximum absolute atomic E-state index is 12.4. The number of nitrogens with zero attached hydrogens (tertiary/aromatic N) is 1. The highest BCUT2D eigenvalue weighted by Gasteiger charge is 2.27. The van der Waals surface area contributed by atoms with Crippen molar-refractivity contribution in [3.8, 4) is 0 Å². The van der Waals surface area contributed by atoms with E-state index in [1.807, 2.05) is 0 Å². The second-order valence-electron chi connectivity index (χ2n) is 5.04. The summed E-state index contributed by atoms with van der Waals surface area (Å²) in [6.45, 7) is 3.61. The Balaban J connectivity index is 2.30. The summed E-state index contributed by atoms with van der Waals surface area (Å²) in [5.74, 6) is 0. The SMILES string of the molecule is CC(C)(NS(=O)(=O)c1ccc(N)cc1)c1ccncc1. The lowest BCUT2D eigenvalue weighted by Gasteiger charge is -2.26. The Morgan fingerprint density at radius 3 is 2.15 bits per heavy atom. The van der Waals surface area contributed by atoms with Crippen LogP contribution < -0.4 is 10.5 Å². The molecule has 0 amide bonds. The van der Waals surface area contributed by atoms with Crippen LogP contribution in [0.15, 0.2) is 53.7 Å². The molecule has 5 nitrogen and oxygen atoms in total. The van der Waals surface area contributed by atoms with Crippen LogP contribution in [0.4, 0.5) is 5.69 Å². The Kier molecular flexibility index (Phi) is 3.78. The van der Waals surface area contributed by atoms with E-state index in [-0.39, 0.29) is 4.90 Å². The van der Waals surface area contributed by atoms with Gasteiger partial charge in [0.05, 0.1) is 10.4 Å². The predicted octanol–water partition coefficient (Wildman–Crippen LogP) is 1.88. The van der Waals surface area contributed by atoms with Gasteiger partial charge >= 0.3 is 0 Å². The van der Waals surface area contributed by atoms with Gasteiger partial charge in [-0.25, -0.2) is 13.1 Å². The molecule has 6 heteroatoms. The lowest BCUT2D eigenvalue weighted by atomic mass is 9.97. The molecule has 20 heavy (non-hydrogen) atoms. The summed E-state index contributed by atoms with van der Waals surface area (Å²) < 4.78 is 27.4. The van der Waals surface area contributed by atoms with Crippen LogP contribution in [-0.2, 0) is 15.6 Å². The van der Waals surface area contributed by atoms with Gasteiger partial charge in [0.2, 0.25) is 10.0 Å². The summed E-state index contributed by atoms with van der Waals surface area (Å²) in [7, 11) is -3.61. The molecule has 0 unspecified atom stereocenters. The van der Waals surface area contributed by atoms with Crippen LogP contribution in [0.25, 0.3) is 0 Å². The summed E-state index contributed by atoms with van der Waals surface area (Å²) in [4.78, 5) is 4.12. The predicted molar refractivity (Wildman–Crippen MR) is 78.4 cm³/mol. The van der Waals surface area contributed by atoms with E-state index in [9.17, 15) is 8.42 Å². The summed E-state index contributed by atoms with van der Waals surface area (Å²) >= 11 is 0. The second-order valence-corrected chi connectivity index (χ2v) is 6.72. The fourth-order valence-corrected chi connectivity index (χ4v) is 3.27. The summed E-state index contributed by atoms with van der Waals surface area (Å²) in [6, 6.07) is 9.67. The van der Waals surface area contributed by atoms with Crippen molar-refractivity contribution in [1.29, 1.82) is 0 Å². The fraction of sp³-hybridized carbons (Fsp3) is 0.214. The molecule has 1 aromatic heterocycles. The number of anilines is 1. The average molecular weight is 291 g/mol. The highest BCUT2D eigenvalue weighted by atomic mass is 32.2. The zero-order valence-corrected chi connectivity index (χ0v) is 12.2. The normalized spacial score (nSPS) is 12.3. The van der Waals surface area contributed by atoms with Gasteiger partial charge in [-0.15, -0.1) is 0 Å². The van der Waals surface area contributed by atoms with E-state index in [1.54, 1.807) is 50.5 Å². The van der Waals surface area contributed by atoms with E-state index in [1.165, 1.54) is 12.1 Å². The van der Waals surface area contributed by atoms with Gasteiger partial charge < -0.3 is 5.73 Å². The quantitative estimate of drug-likeness (QED) is 0.842. The monoisotopic (exact) mass is 291 g/mol. The highest BCUT2D eigenvalue weighted by molar-refractivity contribution is 7.89. The molecule has 0 aliphatic heterocycles. The molecular formula is C14H17N3O2S. The molecule has 0 aliphatic carbocycles. The molecule has 0 saturated carbocycles. The lowest BCUT2D eigenvalue weighted by Crippen LogP contribution is -2.40. The maximum Gasteiger partial charge on any atom is 0.241 e. The Morgan fingerprint density at radius 2 is 1.60 bits per heavy atom. The van der Waals surface area contributed by atoms with Gasteiger partial charge in [-0.3, -0.25) is 4.98 Å². The van der Waals surface area contributed by atoms with E-state index in [4.69, 9.17) is 5.73 Å².